The zero-order valence-corrected chi connectivity index (χ0v) is 29.3. The molecule has 5 amide bonds. The summed E-state index contributed by atoms with van der Waals surface area (Å²) in [6, 6.07) is 14.8. The van der Waals surface area contributed by atoms with Gasteiger partial charge in [-0.05, 0) is 69.6 Å². The molecule has 0 aliphatic carbocycles. The van der Waals surface area contributed by atoms with Crippen molar-refractivity contribution in [1.29, 1.82) is 0 Å². The Bertz CT molecular complexity index is 1470. The normalized spacial score (nSPS) is 20.3. The van der Waals surface area contributed by atoms with Crippen LogP contribution in [0.15, 0.2) is 54.6 Å². The second-order valence-corrected chi connectivity index (χ2v) is 14.3. The Morgan fingerprint density at radius 1 is 0.958 bits per heavy atom. The average Bonchev–Trinajstić information content (AvgIpc) is 3.46. The number of rotatable bonds is 9. The van der Waals surface area contributed by atoms with Gasteiger partial charge in [-0.3, -0.25) is 24.1 Å². The number of amides is 5. The molecule has 2 aromatic carbocycles. The summed E-state index contributed by atoms with van der Waals surface area (Å²) in [5.41, 5.74) is 2.27. The molecule has 2 aliphatic rings. The standard InChI is InChI=1S/C37H51N5O6/c1-24(2)21-32(43)41-20-19-28-17-18-31(34(45)38-22-27-15-11-12-16-29(27)26-13-9-8-10-14-26)42(28)35(46)30(23-41)39-33(44)25(3)40(7)36(47)48-37(4,5)6/h8-16,24-25,28,30-31H,17-23H2,1-7H3,(H,38,45)(H,39,44)/t25-,28-,30+,31+/m1/s1. The van der Waals surface area contributed by atoms with Gasteiger partial charge in [0.15, 0.2) is 0 Å². The number of nitrogens with one attached hydrogen (secondary N) is 2. The van der Waals surface area contributed by atoms with E-state index in [0.29, 0.717) is 38.8 Å². The lowest BCUT2D eigenvalue weighted by Gasteiger charge is -2.39. The second kappa shape index (κ2) is 15.7. The molecule has 4 rings (SSSR count). The lowest BCUT2D eigenvalue weighted by atomic mass is 9.99. The van der Waals surface area contributed by atoms with Gasteiger partial charge < -0.3 is 25.2 Å². The molecule has 11 heteroatoms. The lowest BCUT2D eigenvalue weighted by Crippen LogP contribution is -2.62. The van der Waals surface area contributed by atoms with E-state index in [-0.39, 0.29) is 30.3 Å². The molecule has 2 N–H and O–H groups in total. The molecule has 260 valence electrons. The van der Waals surface area contributed by atoms with E-state index in [1.54, 1.807) is 37.5 Å². The summed E-state index contributed by atoms with van der Waals surface area (Å²) in [6.45, 7) is 11.3. The van der Waals surface area contributed by atoms with Crippen molar-refractivity contribution in [3.8, 4) is 11.1 Å². The maximum atomic E-state index is 14.3. The number of ether oxygens (including phenoxy) is 1. The van der Waals surface area contributed by atoms with Gasteiger partial charge in [0.25, 0.3) is 0 Å². The molecule has 2 saturated heterocycles. The van der Waals surface area contributed by atoms with Crippen LogP contribution in [0, 0.1) is 5.92 Å². The highest BCUT2D eigenvalue weighted by Gasteiger charge is 2.45. The molecule has 2 fully saturated rings. The first-order chi connectivity index (χ1) is 22.7. The molecular weight excluding hydrogens is 610 g/mol. The average molecular weight is 662 g/mol. The third-order valence-electron chi connectivity index (χ3n) is 8.94. The van der Waals surface area contributed by atoms with Crippen molar-refractivity contribution in [1.82, 2.24) is 25.3 Å². The third kappa shape index (κ3) is 9.14. The SMILES string of the molecule is CC(C)CC(=O)N1CC[C@H]2CC[C@@H](C(=O)NCc3ccccc3-c3ccccc3)N2C(=O)[C@@H](NC(=O)[C@@H](C)N(C)C(=O)OC(C)(C)C)C1. The monoisotopic (exact) mass is 661 g/mol. The Labute approximate surface area is 284 Å². The number of hydrogen-bond acceptors (Lipinski definition) is 6. The second-order valence-electron chi connectivity index (χ2n) is 14.3. The van der Waals surface area contributed by atoms with Crippen molar-refractivity contribution in [2.75, 3.05) is 20.1 Å². The van der Waals surface area contributed by atoms with Crippen LogP contribution in [0.1, 0.15) is 72.8 Å². The van der Waals surface area contributed by atoms with Crippen LogP contribution in [-0.2, 0) is 30.5 Å². The van der Waals surface area contributed by atoms with Crippen molar-refractivity contribution < 1.29 is 28.7 Å². The van der Waals surface area contributed by atoms with Crippen LogP contribution < -0.4 is 10.6 Å². The van der Waals surface area contributed by atoms with Gasteiger partial charge in [0.1, 0.15) is 23.7 Å². The number of benzene rings is 2. The minimum absolute atomic E-state index is 0.0268. The molecule has 0 bridgehead atoms. The molecule has 2 heterocycles. The fraction of sp³-hybridized carbons (Fsp3) is 0.541. The fourth-order valence-electron chi connectivity index (χ4n) is 6.28. The molecule has 0 unspecified atom stereocenters. The summed E-state index contributed by atoms with van der Waals surface area (Å²) in [4.78, 5) is 72.0. The first kappa shape index (κ1) is 36.4. The van der Waals surface area contributed by atoms with Crippen LogP contribution in [-0.4, -0.2) is 94.3 Å². The predicted octanol–water partition coefficient (Wildman–Crippen LogP) is 4.35. The smallest absolute Gasteiger partial charge is 0.410 e. The Balaban J connectivity index is 1.53. The van der Waals surface area contributed by atoms with Crippen molar-refractivity contribution in [2.45, 2.75) is 104 Å². The van der Waals surface area contributed by atoms with E-state index in [2.05, 4.69) is 10.6 Å². The fourth-order valence-corrected chi connectivity index (χ4v) is 6.28. The predicted molar refractivity (Wildman–Crippen MR) is 183 cm³/mol. The van der Waals surface area contributed by atoms with E-state index < -0.39 is 41.6 Å². The van der Waals surface area contributed by atoms with Crippen molar-refractivity contribution >= 4 is 29.7 Å². The molecule has 48 heavy (non-hydrogen) atoms. The minimum Gasteiger partial charge on any atom is -0.444 e. The van der Waals surface area contributed by atoms with Crippen LogP contribution in [0.2, 0.25) is 0 Å². The first-order valence-corrected chi connectivity index (χ1v) is 16.9. The van der Waals surface area contributed by atoms with Gasteiger partial charge in [-0.25, -0.2) is 4.79 Å². The van der Waals surface area contributed by atoms with E-state index in [9.17, 15) is 24.0 Å². The minimum atomic E-state index is -1.10. The third-order valence-corrected chi connectivity index (χ3v) is 8.94. The zero-order valence-electron chi connectivity index (χ0n) is 29.3. The van der Waals surface area contributed by atoms with Crippen molar-refractivity contribution in [3.63, 3.8) is 0 Å². The molecule has 2 aliphatic heterocycles. The largest absolute Gasteiger partial charge is 0.444 e. The molecule has 0 radical (unpaired) electrons. The van der Waals surface area contributed by atoms with Gasteiger partial charge >= 0.3 is 6.09 Å². The van der Waals surface area contributed by atoms with Gasteiger partial charge in [-0.1, -0.05) is 68.4 Å². The van der Waals surface area contributed by atoms with Gasteiger partial charge in [-0.15, -0.1) is 0 Å². The quantitative estimate of drug-likeness (QED) is 0.412. The number of fused-ring (bicyclic) bond motifs is 1. The summed E-state index contributed by atoms with van der Waals surface area (Å²) < 4.78 is 5.42. The van der Waals surface area contributed by atoms with Crippen molar-refractivity contribution in [2.24, 2.45) is 5.92 Å². The number of carbonyl (C=O) groups is 5. The van der Waals surface area contributed by atoms with E-state index in [1.807, 2.05) is 68.4 Å². The summed E-state index contributed by atoms with van der Waals surface area (Å²) in [5, 5.41) is 5.89. The van der Waals surface area contributed by atoms with E-state index >= 15 is 0 Å². The van der Waals surface area contributed by atoms with Crippen molar-refractivity contribution in [3.05, 3.63) is 60.2 Å². The number of nitrogens with zero attached hydrogens (tertiary/aromatic N) is 3. The molecule has 11 nitrogen and oxygen atoms in total. The van der Waals surface area contributed by atoms with Gasteiger partial charge in [0.2, 0.25) is 23.6 Å². The summed E-state index contributed by atoms with van der Waals surface area (Å²) in [5.74, 6) is -1.20. The Morgan fingerprint density at radius 2 is 1.62 bits per heavy atom. The Kier molecular flexibility index (Phi) is 11.9. The highest BCUT2D eigenvalue weighted by molar-refractivity contribution is 5.95. The number of likely N-dealkylation sites (N-methyl/N-ethyl adjacent to an activating group) is 1. The van der Waals surface area contributed by atoms with Crippen LogP contribution in [0.25, 0.3) is 11.1 Å². The number of hydrogen-bond donors (Lipinski definition) is 2. The molecule has 0 spiro atoms. The van der Waals surface area contributed by atoms with Crippen LogP contribution in [0.5, 0.6) is 0 Å². The summed E-state index contributed by atoms with van der Waals surface area (Å²) >= 11 is 0. The molecular formula is C37H51N5O6. The topological polar surface area (TPSA) is 128 Å². The Hall–Kier alpha value is -4.41. The Morgan fingerprint density at radius 3 is 2.29 bits per heavy atom. The summed E-state index contributed by atoms with van der Waals surface area (Å²) in [7, 11) is 1.46. The van der Waals surface area contributed by atoms with Crippen LogP contribution >= 0.6 is 0 Å². The van der Waals surface area contributed by atoms with Gasteiger partial charge in [-0.2, -0.15) is 0 Å². The van der Waals surface area contributed by atoms with Gasteiger partial charge in [0, 0.05) is 39.1 Å². The molecule has 0 saturated carbocycles. The first-order valence-electron chi connectivity index (χ1n) is 16.9. The maximum absolute atomic E-state index is 14.3. The van der Waals surface area contributed by atoms with E-state index in [0.717, 1.165) is 16.7 Å². The van der Waals surface area contributed by atoms with E-state index in [4.69, 9.17) is 4.74 Å². The maximum Gasteiger partial charge on any atom is 0.410 e. The zero-order chi connectivity index (χ0) is 35.2. The highest BCUT2D eigenvalue weighted by atomic mass is 16.6. The molecule has 2 aromatic rings. The van der Waals surface area contributed by atoms with Gasteiger partial charge in [0.05, 0.1) is 0 Å². The van der Waals surface area contributed by atoms with Crippen LogP contribution in [0.3, 0.4) is 0 Å². The van der Waals surface area contributed by atoms with Crippen LogP contribution in [0.4, 0.5) is 4.79 Å². The number of carbonyl (C=O) groups excluding carboxylic acids is 5. The molecule has 4 atom stereocenters. The molecule has 0 aromatic heterocycles. The lowest BCUT2D eigenvalue weighted by molar-refractivity contribution is -0.147. The van der Waals surface area contributed by atoms with E-state index in [1.165, 1.54) is 11.9 Å². The summed E-state index contributed by atoms with van der Waals surface area (Å²) in [6.07, 6.45) is 1.26. The highest BCUT2D eigenvalue weighted by Crippen LogP contribution is 2.30.